The Morgan fingerprint density at radius 2 is 1.88 bits per heavy atom. The molecule has 0 aliphatic carbocycles. The zero-order valence-electron chi connectivity index (χ0n) is 16.1. The normalized spacial score (nSPS) is 21.4. The van der Waals surface area contributed by atoms with Gasteiger partial charge in [0.15, 0.2) is 6.04 Å². The molecule has 0 radical (unpaired) electrons. The molecule has 26 heavy (non-hydrogen) atoms. The molecule has 0 saturated carbocycles. The summed E-state index contributed by atoms with van der Waals surface area (Å²) in [6, 6.07) is 15.2. The fraction of sp³-hybridized carbons (Fsp3) is 0.381. The first-order valence-electron chi connectivity index (χ1n) is 9.16. The Labute approximate surface area is 154 Å². The van der Waals surface area contributed by atoms with Gasteiger partial charge in [-0.2, -0.15) is 4.68 Å². The van der Waals surface area contributed by atoms with Crippen LogP contribution in [0.25, 0.3) is 5.69 Å². The lowest BCUT2D eigenvalue weighted by Crippen LogP contribution is -3.18. The lowest BCUT2D eigenvalue weighted by Gasteiger charge is -2.42. The van der Waals surface area contributed by atoms with Gasteiger partial charge in [0.25, 0.3) is 0 Å². The minimum atomic E-state index is 0.102. The van der Waals surface area contributed by atoms with Crippen LogP contribution in [-0.4, -0.2) is 32.8 Å². The van der Waals surface area contributed by atoms with E-state index in [0.29, 0.717) is 0 Å². The molecule has 5 nitrogen and oxygen atoms in total. The molecule has 1 unspecified atom stereocenters. The third-order valence-electron chi connectivity index (χ3n) is 5.83. The molecule has 1 aliphatic heterocycles. The number of likely N-dealkylation sites (N-methyl/N-ethyl adjacent to an activating group) is 1. The van der Waals surface area contributed by atoms with Crippen LogP contribution in [0.5, 0.6) is 0 Å². The van der Waals surface area contributed by atoms with Crippen LogP contribution >= 0.6 is 0 Å². The van der Waals surface area contributed by atoms with E-state index in [4.69, 9.17) is 0 Å². The molecular formula is C21H26N5+. The molecule has 5 heteroatoms. The number of aromatic nitrogens is 4. The fourth-order valence-electron chi connectivity index (χ4n) is 4.14. The second-order valence-corrected chi connectivity index (χ2v) is 8.11. The Balaban J connectivity index is 1.90. The van der Waals surface area contributed by atoms with E-state index in [2.05, 4.69) is 92.7 Å². The lowest BCUT2D eigenvalue weighted by molar-refractivity contribution is -0.957. The van der Waals surface area contributed by atoms with E-state index in [1.807, 2.05) is 4.68 Å². The standard InChI is InChI=1S/C21H25N5/c1-14-10-11-18(15(2)12-14)26-20(22-23-24-26)19-17-9-7-6-8-16(17)13-21(3,4)25(19)5/h6-12,19H,13H2,1-5H3/p+1/t19-/m1/s1. The first-order chi connectivity index (χ1) is 12.4. The van der Waals surface area contributed by atoms with Gasteiger partial charge >= 0.3 is 0 Å². The summed E-state index contributed by atoms with van der Waals surface area (Å²) in [6.45, 7) is 8.85. The topological polar surface area (TPSA) is 48.0 Å². The Kier molecular flexibility index (Phi) is 3.92. The Morgan fingerprint density at radius 1 is 1.12 bits per heavy atom. The molecule has 2 aromatic carbocycles. The third kappa shape index (κ3) is 2.63. The highest BCUT2D eigenvalue weighted by atomic mass is 15.6. The van der Waals surface area contributed by atoms with Gasteiger partial charge in [0.2, 0.25) is 5.82 Å². The predicted octanol–water partition coefficient (Wildman–Crippen LogP) is 2.22. The van der Waals surface area contributed by atoms with Crippen molar-refractivity contribution < 1.29 is 4.90 Å². The third-order valence-corrected chi connectivity index (χ3v) is 5.83. The summed E-state index contributed by atoms with van der Waals surface area (Å²) < 4.78 is 1.92. The molecule has 3 aromatic rings. The van der Waals surface area contributed by atoms with Crippen molar-refractivity contribution in [3.63, 3.8) is 0 Å². The van der Waals surface area contributed by atoms with Crippen molar-refractivity contribution in [2.45, 2.75) is 45.7 Å². The van der Waals surface area contributed by atoms with Gasteiger partial charge in [0, 0.05) is 12.0 Å². The average Bonchev–Trinajstić information content (AvgIpc) is 3.04. The van der Waals surface area contributed by atoms with Crippen LogP contribution in [0.2, 0.25) is 0 Å². The predicted molar refractivity (Wildman–Crippen MR) is 102 cm³/mol. The largest absolute Gasteiger partial charge is 0.320 e. The SMILES string of the molecule is Cc1ccc(-n2nnnc2[C@H]2c3ccccc3CC(C)(C)[NH+]2C)c(C)c1. The zero-order valence-corrected chi connectivity index (χ0v) is 16.1. The maximum Gasteiger partial charge on any atom is 0.219 e. The summed E-state index contributed by atoms with van der Waals surface area (Å²) in [7, 11) is 2.25. The van der Waals surface area contributed by atoms with E-state index in [-0.39, 0.29) is 11.6 Å². The highest BCUT2D eigenvalue weighted by Gasteiger charge is 2.44. The van der Waals surface area contributed by atoms with Crippen LogP contribution < -0.4 is 4.90 Å². The number of nitrogens with one attached hydrogen (secondary N) is 1. The number of nitrogens with zero attached hydrogens (tertiary/aromatic N) is 4. The molecule has 0 spiro atoms. The Hall–Kier alpha value is -2.53. The van der Waals surface area contributed by atoms with Crippen LogP contribution in [0.4, 0.5) is 0 Å². The van der Waals surface area contributed by atoms with E-state index in [1.165, 1.54) is 27.2 Å². The summed E-state index contributed by atoms with van der Waals surface area (Å²) in [6.07, 6.45) is 1.05. The molecule has 1 aliphatic rings. The van der Waals surface area contributed by atoms with E-state index in [9.17, 15) is 0 Å². The van der Waals surface area contributed by atoms with Gasteiger partial charge < -0.3 is 4.90 Å². The van der Waals surface area contributed by atoms with Gasteiger partial charge in [-0.25, -0.2) is 0 Å². The van der Waals surface area contributed by atoms with Crippen molar-refractivity contribution in [2.24, 2.45) is 0 Å². The average molecular weight is 348 g/mol. The van der Waals surface area contributed by atoms with Crippen molar-refractivity contribution in [3.8, 4) is 5.69 Å². The van der Waals surface area contributed by atoms with Gasteiger partial charge in [-0.1, -0.05) is 42.0 Å². The summed E-state index contributed by atoms with van der Waals surface area (Å²) >= 11 is 0. The molecule has 2 atom stereocenters. The number of aryl methyl sites for hydroxylation is 2. The second kappa shape index (κ2) is 6.02. The minimum Gasteiger partial charge on any atom is -0.320 e. The summed E-state index contributed by atoms with van der Waals surface area (Å²) in [5, 5.41) is 12.9. The second-order valence-electron chi connectivity index (χ2n) is 8.11. The van der Waals surface area contributed by atoms with E-state index >= 15 is 0 Å². The Morgan fingerprint density at radius 3 is 2.65 bits per heavy atom. The maximum atomic E-state index is 4.48. The molecule has 134 valence electrons. The van der Waals surface area contributed by atoms with Crippen LogP contribution in [0.3, 0.4) is 0 Å². The van der Waals surface area contributed by atoms with Crippen molar-refractivity contribution in [1.29, 1.82) is 0 Å². The van der Waals surface area contributed by atoms with Crippen LogP contribution in [0.1, 0.15) is 48.0 Å². The fourth-order valence-corrected chi connectivity index (χ4v) is 4.14. The number of hydrogen-bond acceptors (Lipinski definition) is 3. The molecule has 0 bridgehead atoms. The van der Waals surface area contributed by atoms with E-state index in [0.717, 1.165) is 17.9 Å². The smallest absolute Gasteiger partial charge is 0.219 e. The monoisotopic (exact) mass is 348 g/mol. The number of tetrazole rings is 1. The number of fused-ring (bicyclic) bond motifs is 1. The first-order valence-corrected chi connectivity index (χ1v) is 9.16. The molecule has 0 saturated heterocycles. The van der Waals surface area contributed by atoms with Gasteiger partial charge in [-0.15, -0.1) is 5.10 Å². The summed E-state index contributed by atoms with van der Waals surface area (Å²) in [4.78, 5) is 1.41. The molecule has 0 amide bonds. The number of rotatable bonds is 2. The zero-order chi connectivity index (χ0) is 18.5. The molecule has 4 rings (SSSR count). The highest BCUT2D eigenvalue weighted by molar-refractivity contribution is 5.43. The molecule has 1 aromatic heterocycles. The van der Waals surface area contributed by atoms with Crippen LogP contribution in [0, 0.1) is 13.8 Å². The Bertz CT molecular complexity index is 957. The minimum absolute atomic E-state index is 0.102. The van der Waals surface area contributed by atoms with Crippen LogP contribution in [0.15, 0.2) is 42.5 Å². The number of quaternary nitrogens is 1. The summed E-state index contributed by atoms with van der Waals surface area (Å²) in [5.41, 5.74) is 6.29. The van der Waals surface area contributed by atoms with E-state index < -0.39 is 0 Å². The van der Waals surface area contributed by atoms with Gasteiger partial charge in [-0.3, -0.25) is 0 Å². The highest BCUT2D eigenvalue weighted by Crippen LogP contribution is 2.30. The van der Waals surface area contributed by atoms with Crippen molar-refractivity contribution in [1.82, 2.24) is 20.2 Å². The molecular weight excluding hydrogens is 322 g/mol. The molecule has 0 fully saturated rings. The van der Waals surface area contributed by atoms with E-state index in [1.54, 1.807) is 0 Å². The summed E-state index contributed by atoms with van der Waals surface area (Å²) in [5.74, 6) is 0.898. The van der Waals surface area contributed by atoms with Gasteiger partial charge in [-0.05, 0) is 55.3 Å². The van der Waals surface area contributed by atoms with Crippen LogP contribution in [-0.2, 0) is 6.42 Å². The number of hydrogen-bond donors (Lipinski definition) is 1. The molecule has 2 heterocycles. The maximum absolute atomic E-state index is 4.48. The van der Waals surface area contributed by atoms with Crippen molar-refractivity contribution >= 4 is 0 Å². The lowest BCUT2D eigenvalue weighted by atomic mass is 9.81. The molecule has 1 N–H and O–H groups in total. The van der Waals surface area contributed by atoms with Gasteiger partial charge in [0.05, 0.1) is 18.3 Å². The first kappa shape index (κ1) is 16.9. The van der Waals surface area contributed by atoms with Gasteiger partial charge in [0.1, 0.15) is 0 Å². The van der Waals surface area contributed by atoms with Crippen molar-refractivity contribution in [3.05, 3.63) is 70.5 Å². The quantitative estimate of drug-likeness (QED) is 0.772. The van der Waals surface area contributed by atoms with Crippen molar-refractivity contribution in [2.75, 3.05) is 7.05 Å². The number of benzene rings is 2.